The number of aromatic nitrogens is 2. The predicted molar refractivity (Wildman–Crippen MR) is 141 cm³/mol. The molecule has 1 amide bonds. The molecular weight excluding hydrogens is 492 g/mol. The van der Waals surface area contributed by atoms with Crippen LogP contribution >= 0.6 is 11.6 Å². The first-order chi connectivity index (χ1) is 17.7. The molecule has 0 bridgehead atoms. The maximum absolute atomic E-state index is 12.4. The number of ether oxygens (including phenoxy) is 1. The number of nitrogens with zero attached hydrogens (tertiary/aromatic N) is 4. The van der Waals surface area contributed by atoms with E-state index >= 15 is 0 Å². The molecule has 9 nitrogen and oxygen atoms in total. The van der Waals surface area contributed by atoms with Crippen molar-refractivity contribution in [2.45, 2.75) is 18.8 Å². The monoisotopic (exact) mass is 516 g/mol. The number of aliphatic hydroxyl groups is 1. The first-order valence-electron chi connectivity index (χ1n) is 11.7. The lowest BCUT2D eigenvalue weighted by atomic mass is 9.83. The number of fused-ring (bicyclic) bond motifs is 2. The molecular formula is C27H25ClN6O3. The number of aliphatic hydroxyl groups excluding tert-OH is 1. The minimum Gasteiger partial charge on any atom is -0.462 e. The van der Waals surface area contributed by atoms with E-state index < -0.39 is 5.41 Å². The lowest BCUT2D eigenvalue weighted by Crippen LogP contribution is -2.28. The zero-order valence-electron chi connectivity index (χ0n) is 20.6. The minimum absolute atomic E-state index is 0.0475. The molecule has 3 N–H and O–H groups in total. The highest BCUT2D eigenvalue weighted by molar-refractivity contribution is 6.31. The van der Waals surface area contributed by atoms with Crippen molar-refractivity contribution in [1.29, 1.82) is 5.26 Å². The maximum atomic E-state index is 12.4. The van der Waals surface area contributed by atoms with Gasteiger partial charge in [0.1, 0.15) is 12.3 Å². The van der Waals surface area contributed by atoms with Gasteiger partial charge in [-0.3, -0.25) is 4.79 Å². The van der Waals surface area contributed by atoms with E-state index in [9.17, 15) is 15.2 Å². The van der Waals surface area contributed by atoms with Crippen molar-refractivity contribution in [1.82, 2.24) is 14.9 Å². The molecule has 1 aromatic heterocycles. The van der Waals surface area contributed by atoms with Crippen molar-refractivity contribution in [3.63, 3.8) is 0 Å². The van der Waals surface area contributed by atoms with Crippen LogP contribution in [0.15, 0.2) is 48.4 Å². The molecule has 3 aromatic rings. The molecule has 2 aromatic carbocycles. The Labute approximate surface area is 219 Å². The summed E-state index contributed by atoms with van der Waals surface area (Å²) in [5.74, 6) is 0.726. The molecule has 0 radical (unpaired) electrons. The maximum Gasteiger partial charge on any atom is 0.252 e. The van der Waals surface area contributed by atoms with Gasteiger partial charge in [-0.2, -0.15) is 5.26 Å². The second kappa shape index (κ2) is 9.39. The first-order valence-corrected chi connectivity index (χ1v) is 12.0. The number of amides is 1. The fraction of sp³-hybridized carbons (Fsp3) is 0.259. The molecule has 37 heavy (non-hydrogen) atoms. The van der Waals surface area contributed by atoms with Crippen molar-refractivity contribution in [2.75, 3.05) is 37.9 Å². The van der Waals surface area contributed by atoms with Crippen LogP contribution < -0.4 is 15.4 Å². The van der Waals surface area contributed by atoms with Crippen LogP contribution in [0.3, 0.4) is 0 Å². The molecule has 0 saturated carbocycles. The number of likely N-dealkylation sites (N-methyl/N-ethyl adjacent to an activating group) is 1. The Morgan fingerprint density at radius 1 is 1.35 bits per heavy atom. The summed E-state index contributed by atoms with van der Waals surface area (Å²) in [4.78, 5) is 22.9. The van der Waals surface area contributed by atoms with Crippen LogP contribution in [0, 0.1) is 11.3 Å². The number of hydrogen-bond acceptors (Lipinski definition) is 8. The Balaban J connectivity index is 1.48. The third-order valence-electron chi connectivity index (χ3n) is 6.62. The lowest BCUT2D eigenvalue weighted by Gasteiger charge is -2.22. The topological polar surface area (TPSA) is 123 Å². The molecule has 5 rings (SSSR count). The molecule has 2 aliphatic rings. The van der Waals surface area contributed by atoms with Gasteiger partial charge in [0, 0.05) is 54.8 Å². The number of hydrogen-bond donors (Lipinski definition) is 3. The molecule has 188 valence electrons. The van der Waals surface area contributed by atoms with Gasteiger partial charge in [-0.1, -0.05) is 18.5 Å². The van der Waals surface area contributed by atoms with Crippen LogP contribution in [0.4, 0.5) is 17.3 Å². The van der Waals surface area contributed by atoms with E-state index in [0.717, 1.165) is 22.4 Å². The van der Waals surface area contributed by atoms with E-state index in [0.29, 0.717) is 52.2 Å². The number of nitrogens with one attached hydrogen (secondary N) is 2. The van der Waals surface area contributed by atoms with Crippen molar-refractivity contribution in [2.24, 2.45) is 0 Å². The SMILES string of the molecule is CN(C)C(=O)C1=COc2c(cc(Cl)cc2Nc2nccc(-c3cc(C#N)c4c(c3)[C@@](C)(CO)CN4)n2)C1. The Morgan fingerprint density at radius 3 is 2.89 bits per heavy atom. The van der Waals surface area contributed by atoms with Gasteiger partial charge in [0.25, 0.3) is 5.91 Å². The van der Waals surface area contributed by atoms with Gasteiger partial charge in [-0.05, 0) is 35.9 Å². The summed E-state index contributed by atoms with van der Waals surface area (Å²) < 4.78 is 5.84. The zero-order valence-corrected chi connectivity index (χ0v) is 21.3. The zero-order chi connectivity index (χ0) is 26.3. The number of carbonyl (C=O) groups is 1. The largest absolute Gasteiger partial charge is 0.462 e. The number of rotatable bonds is 5. The van der Waals surface area contributed by atoms with E-state index in [1.807, 2.05) is 13.0 Å². The predicted octanol–water partition coefficient (Wildman–Crippen LogP) is 3.99. The summed E-state index contributed by atoms with van der Waals surface area (Å²) in [6.45, 7) is 2.45. The average molecular weight is 517 g/mol. The number of halogens is 1. The Morgan fingerprint density at radius 2 is 2.16 bits per heavy atom. The van der Waals surface area contributed by atoms with E-state index in [-0.39, 0.29) is 12.5 Å². The molecule has 0 spiro atoms. The molecule has 0 saturated heterocycles. The second-order valence-electron chi connectivity index (χ2n) is 9.60. The van der Waals surface area contributed by atoms with Crippen LogP contribution in [0.5, 0.6) is 5.75 Å². The van der Waals surface area contributed by atoms with Gasteiger partial charge >= 0.3 is 0 Å². The fourth-order valence-corrected chi connectivity index (χ4v) is 4.81. The smallest absolute Gasteiger partial charge is 0.252 e. The van der Waals surface area contributed by atoms with Crippen molar-refractivity contribution in [3.05, 3.63) is 70.1 Å². The lowest BCUT2D eigenvalue weighted by molar-refractivity contribution is -0.124. The van der Waals surface area contributed by atoms with Crippen LogP contribution in [0.1, 0.15) is 23.6 Å². The van der Waals surface area contributed by atoms with Gasteiger partial charge in [0.15, 0.2) is 5.75 Å². The quantitative estimate of drug-likeness (QED) is 0.465. The summed E-state index contributed by atoms with van der Waals surface area (Å²) in [6.07, 6.45) is 3.46. The molecule has 0 aliphatic carbocycles. The normalized spacial score (nSPS) is 17.5. The first kappa shape index (κ1) is 24.6. The Hall–Kier alpha value is -4.13. The van der Waals surface area contributed by atoms with E-state index in [4.69, 9.17) is 16.3 Å². The molecule has 1 atom stereocenters. The van der Waals surface area contributed by atoms with Crippen LogP contribution in [-0.4, -0.2) is 53.1 Å². The number of nitriles is 1. The van der Waals surface area contributed by atoms with Gasteiger partial charge in [0.2, 0.25) is 5.95 Å². The number of carbonyl (C=O) groups excluding carboxylic acids is 1. The highest BCUT2D eigenvalue weighted by Gasteiger charge is 2.36. The summed E-state index contributed by atoms with van der Waals surface area (Å²) >= 11 is 6.38. The highest BCUT2D eigenvalue weighted by atomic mass is 35.5. The summed E-state index contributed by atoms with van der Waals surface area (Å²) in [5, 5.41) is 26.6. The minimum atomic E-state index is -0.497. The highest BCUT2D eigenvalue weighted by Crippen LogP contribution is 2.42. The van der Waals surface area contributed by atoms with Gasteiger partial charge in [-0.25, -0.2) is 9.97 Å². The van der Waals surface area contributed by atoms with Crippen molar-refractivity contribution in [3.8, 4) is 23.1 Å². The van der Waals surface area contributed by atoms with Crippen LogP contribution in [-0.2, 0) is 16.6 Å². The molecule has 0 unspecified atom stereocenters. The van der Waals surface area contributed by atoms with E-state index in [2.05, 4.69) is 26.7 Å². The number of benzene rings is 2. The summed E-state index contributed by atoms with van der Waals surface area (Å²) in [6, 6.07) is 11.2. The summed E-state index contributed by atoms with van der Waals surface area (Å²) in [7, 11) is 3.38. The average Bonchev–Trinajstić information content (AvgIpc) is 3.24. The van der Waals surface area contributed by atoms with Crippen LogP contribution in [0.2, 0.25) is 5.02 Å². The number of anilines is 3. The fourth-order valence-electron chi connectivity index (χ4n) is 4.57. The molecule has 2 aliphatic heterocycles. The third kappa shape index (κ3) is 4.46. The molecule has 0 fully saturated rings. The second-order valence-corrected chi connectivity index (χ2v) is 10.0. The summed E-state index contributed by atoms with van der Waals surface area (Å²) in [5.41, 5.74) is 4.83. The van der Waals surface area contributed by atoms with E-state index in [1.165, 1.54) is 11.2 Å². The van der Waals surface area contributed by atoms with Gasteiger partial charge in [0.05, 0.1) is 34.8 Å². The van der Waals surface area contributed by atoms with Crippen molar-refractivity contribution >= 4 is 34.8 Å². The molecule has 3 heterocycles. The Kier molecular flexibility index (Phi) is 6.23. The Bertz CT molecular complexity index is 1500. The van der Waals surface area contributed by atoms with Gasteiger partial charge < -0.3 is 25.4 Å². The van der Waals surface area contributed by atoms with Crippen LogP contribution in [0.25, 0.3) is 11.3 Å². The third-order valence-corrected chi connectivity index (χ3v) is 6.84. The van der Waals surface area contributed by atoms with Gasteiger partial charge in [-0.15, -0.1) is 0 Å². The standard InChI is InChI=1S/C27H25ClN6O3/c1-27(14-35)13-31-23-17(11-29)6-15(9-20(23)27)21-4-5-30-26(32-21)33-22-10-19(28)8-16-7-18(12-37-24(16)22)25(36)34(2)3/h4-6,8-10,12,31,35H,7,13-14H2,1-3H3,(H,30,32,33)/t27-/m1/s1. The molecule has 10 heteroatoms. The van der Waals surface area contributed by atoms with Crippen molar-refractivity contribution < 1.29 is 14.6 Å². The van der Waals surface area contributed by atoms with E-state index in [1.54, 1.807) is 44.6 Å².